The Morgan fingerprint density at radius 1 is 1.05 bits per heavy atom. The number of hydrogen-bond donors (Lipinski definition) is 3. The van der Waals surface area contributed by atoms with Gasteiger partial charge in [0.05, 0.1) is 12.3 Å². The Hall–Kier alpha value is -4.51. The normalized spacial score (nSPS) is 20.5. The zero-order chi connectivity index (χ0) is 29.7. The molecule has 3 N–H and O–H groups in total. The Bertz CT molecular complexity index is 1310. The van der Waals surface area contributed by atoms with E-state index in [1.807, 2.05) is 41.3 Å². The van der Waals surface area contributed by atoms with Crippen molar-refractivity contribution in [1.82, 2.24) is 15.8 Å². The van der Waals surface area contributed by atoms with Crippen LogP contribution in [-0.2, 0) is 25.7 Å². The number of ether oxygens (including phenoxy) is 2. The highest BCUT2D eigenvalue weighted by atomic mass is 16.5. The number of fused-ring (bicyclic) bond motifs is 1. The van der Waals surface area contributed by atoms with E-state index < -0.39 is 18.4 Å². The van der Waals surface area contributed by atoms with E-state index in [4.69, 9.17) is 14.7 Å². The third kappa shape index (κ3) is 9.00. The summed E-state index contributed by atoms with van der Waals surface area (Å²) in [6.45, 7) is 0.0154. The molecule has 11 heteroatoms. The van der Waals surface area contributed by atoms with Crippen LogP contribution in [0, 0.1) is 0 Å². The number of hydroxylamine groups is 1. The van der Waals surface area contributed by atoms with Gasteiger partial charge in [0.2, 0.25) is 5.91 Å². The highest BCUT2D eigenvalue weighted by Crippen LogP contribution is 2.29. The number of allylic oxidation sites excluding steroid dienone is 2. The zero-order valence-corrected chi connectivity index (χ0v) is 23.4. The van der Waals surface area contributed by atoms with Crippen molar-refractivity contribution in [2.45, 2.75) is 70.1 Å². The van der Waals surface area contributed by atoms with E-state index in [9.17, 15) is 19.2 Å². The minimum Gasteiger partial charge on any atom is -0.484 e. The molecule has 42 heavy (non-hydrogen) atoms. The minimum atomic E-state index is -0.716. The molecular formula is C31H36N4O7. The molecule has 222 valence electrons. The van der Waals surface area contributed by atoms with E-state index >= 15 is 0 Å². The predicted molar refractivity (Wildman–Crippen MR) is 154 cm³/mol. The topological polar surface area (TPSA) is 147 Å². The fourth-order valence-corrected chi connectivity index (χ4v) is 5.02. The van der Waals surface area contributed by atoms with Crippen molar-refractivity contribution >= 4 is 29.9 Å². The van der Waals surface area contributed by atoms with Gasteiger partial charge in [-0.1, -0.05) is 48.9 Å². The molecule has 11 nitrogen and oxygen atoms in total. The smallest absolute Gasteiger partial charge is 0.306 e. The van der Waals surface area contributed by atoms with Crippen LogP contribution in [0.2, 0.25) is 0 Å². The minimum absolute atomic E-state index is 0.0488. The molecule has 2 aromatic carbocycles. The Kier molecular flexibility index (Phi) is 11.2. The first-order valence-corrected chi connectivity index (χ1v) is 14.1. The number of amides is 3. The van der Waals surface area contributed by atoms with E-state index in [0.29, 0.717) is 32.2 Å². The monoisotopic (exact) mass is 576 g/mol. The van der Waals surface area contributed by atoms with Crippen LogP contribution >= 0.6 is 0 Å². The van der Waals surface area contributed by atoms with Crippen LogP contribution in [0.25, 0.3) is 0 Å². The maximum Gasteiger partial charge on any atom is 0.306 e. The summed E-state index contributed by atoms with van der Waals surface area (Å²) in [5, 5.41) is 12.6. The van der Waals surface area contributed by atoms with Gasteiger partial charge in [0, 0.05) is 24.9 Å². The molecule has 0 bridgehead atoms. The van der Waals surface area contributed by atoms with Crippen LogP contribution in [0.5, 0.6) is 5.75 Å². The van der Waals surface area contributed by atoms with Gasteiger partial charge < -0.3 is 14.4 Å². The van der Waals surface area contributed by atoms with Gasteiger partial charge in [-0.3, -0.25) is 24.4 Å². The van der Waals surface area contributed by atoms with E-state index in [0.717, 1.165) is 36.8 Å². The first-order valence-electron chi connectivity index (χ1n) is 14.1. The van der Waals surface area contributed by atoms with Gasteiger partial charge in [0.15, 0.2) is 6.61 Å². The fraction of sp³-hybridized carbons (Fsp3) is 0.387. The largest absolute Gasteiger partial charge is 0.484 e. The fourth-order valence-electron chi connectivity index (χ4n) is 5.02. The summed E-state index contributed by atoms with van der Waals surface area (Å²) >= 11 is 0. The van der Waals surface area contributed by atoms with E-state index in [1.165, 1.54) is 17.8 Å². The summed E-state index contributed by atoms with van der Waals surface area (Å²) in [4.78, 5) is 51.2. The average molecular weight is 577 g/mol. The number of rotatable bonds is 8. The molecule has 1 heterocycles. The standard InChI is InChI=1S/C31H36N4O7/c36-28(34-40)21-41-25-9-7-8-24(18-25)31(39)33-32-19-22-14-16-23(17-15-22)20-35-26-10-5-6-11-27(26)42-30(38)13-4-2-1-3-12-29(35)37/h1-2,7-9,14-19,26-27,40H,3-6,10-13,20-21H2,(H,33,39)(H,34,36)/b2-1+,32-19+/t26-,27-/m1/s1. The highest BCUT2D eigenvalue weighted by molar-refractivity contribution is 5.95. The lowest BCUT2D eigenvalue weighted by molar-refractivity contribution is -0.159. The molecule has 2 atom stereocenters. The quantitative estimate of drug-likeness (QED) is 0.143. The van der Waals surface area contributed by atoms with Gasteiger partial charge in [-0.05, 0) is 61.4 Å². The summed E-state index contributed by atoms with van der Waals surface area (Å²) < 4.78 is 11.1. The zero-order valence-electron chi connectivity index (χ0n) is 23.4. The molecule has 3 amide bonds. The summed E-state index contributed by atoms with van der Waals surface area (Å²) in [5.41, 5.74) is 5.90. The van der Waals surface area contributed by atoms with E-state index in [2.05, 4.69) is 10.5 Å². The second-order valence-corrected chi connectivity index (χ2v) is 10.2. The number of nitrogens with zero attached hydrogens (tertiary/aromatic N) is 2. The summed E-state index contributed by atoms with van der Waals surface area (Å²) in [5.74, 6) is -1.06. The van der Waals surface area contributed by atoms with Crippen molar-refractivity contribution < 1.29 is 33.9 Å². The number of carbonyl (C=O) groups excluding carboxylic acids is 4. The van der Waals surface area contributed by atoms with Crippen molar-refractivity contribution in [2.24, 2.45) is 5.10 Å². The van der Waals surface area contributed by atoms with Crippen LogP contribution in [0.15, 0.2) is 65.8 Å². The van der Waals surface area contributed by atoms with Crippen LogP contribution in [0.3, 0.4) is 0 Å². The number of carbonyl (C=O) groups is 4. The number of esters is 1. The van der Waals surface area contributed by atoms with Crippen molar-refractivity contribution in [3.8, 4) is 5.75 Å². The molecule has 0 radical (unpaired) electrons. The van der Waals surface area contributed by atoms with Crippen LogP contribution in [0.4, 0.5) is 0 Å². The molecule has 0 unspecified atom stereocenters. The lowest BCUT2D eigenvalue weighted by Gasteiger charge is -2.39. The van der Waals surface area contributed by atoms with Crippen LogP contribution in [-0.4, -0.2) is 58.8 Å². The molecule has 1 fully saturated rings. The van der Waals surface area contributed by atoms with Crippen molar-refractivity contribution in [2.75, 3.05) is 6.61 Å². The van der Waals surface area contributed by atoms with Gasteiger partial charge in [-0.15, -0.1) is 0 Å². The molecule has 0 saturated heterocycles. The Morgan fingerprint density at radius 2 is 1.81 bits per heavy atom. The summed E-state index contributed by atoms with van der Waals surface area (Å²) in [6.07, 6.45) is 10.7. The van der Waals surface area contributed by atoms with E-state index in [1.54, 1.807) is 18.2 Å². The van der Waals surface area contributed by atoms with Gasteiger partial charge in [0.1, 0.15) is 11.9 Å². The highest BCUT2D eigenvalue weighted by Gasteiger charge is 2.35. The first kappa shape index (κ1) is 30.4. The lowest BCUT2D eigenvalue weighted by Crippen LogP contribution is -2.49. The Morgan fingerprint density at radius 3 is 2.60 bits per heavy atom. The number of hydrazone groups is 1. The molecule has 1 saturated carbocycles. The molecule has 1 aliphatic carbocycles. The SMILES string of the molecule is O=C(COc1cccc(C(=O)N/N=C/c2ccc(CN3C(=O)CC/C=C/CCC(=O)O[C@@H]4CCCC[C@H]43)cc2)c1)NO. The number of nitrogens with one attached hydrogen (secondary N) is 2. The first-order chi connectivity index (χ1) is 20.4. The molecule has 4 rings (SSSR count). The maximum absolute atomic E-state index is 13.3. The van der Waals surface area contributed by atoms with E-state index in [-0.39, 0.29) is 35.3 Å². The van der Waals surface area contributed by atoms with Crippen LogP contribution < -0.4 is 15.6 Å². The predicted octanol–water partition coefficient (Wildman–Crippen LogP) is 3.65. The average Bonchev–Trinajstić information content (AvgIpc) is 3.01. The lowest BCUT2D eigenvalue weighted by atomic mass is 9.90. The van der Waals surface area contributed by atoms with Crippen LogP contribution in [0.1, 0.15) is 72.9 Å². The summed E-state index contributed by atoms with van der Waals surface area (Å²) in [7, 11) is 0. The van der Waals surface area contributed by atoms with Crippen molar-refractivity contribution in [1.29, 1.82) is 0 Å². The van der Waals surface area contributed by atoms with Crippen molar-refractivity contribution in [3.63, 3.8) is 0 Å². The summed E-state index contributed by atoms with van der Waals surface area (Å²) in [6, 6.07) is 13.6. The molecule has 2 aromatic rings. The Labute approximate surface area is 244 Å². The number of hydrogen-bond acceptors (Lipinski definition) is 8. The van der Waals surface area contributed by atoms with Gasteiger partial charge in [-0.2, -0.15) is 5.10 Å². The third-order valence-electron chi connectivity index (χ3n) is 7.18. The third-order valence-corrected chi connectivity index (χ3v) is 7.18. The van der Waals surface area contributed by atoms with Gasteiger partial charge in [-0.25, -0.2) is 10.9 Å². The maximum atomic E-state index is 13.3. The number of benzene rings is 2. The second kappa shape index (κ2) is 15.5. The van der Waals surface area contributed by atoms with Crippen molar-refractivity contribution in [3.05, 3.63) is 77.4 Å². The molecule has 0 spiro atoms. The second-order valence-electron chi connectivity index (χ2n) is 10.2. The molecule has 1 aliphatic heterocycles. The van der Waals surface area contributed by atoms with Gasteiger partial charge in [0.25, 0.3) is 11.8 Å². The molecular weight excluding hydrogens is 540 g/mol. The van der Waals surface area contributed by atoms with Gasteiger partial charge >= 0.3 is 5.97 Å². The molecule has 2 aliphatic rings. The Balaban J connectivity index is 1.38. The molecule has 0 aromatic heterocycles.